The predicted octanol–water partition coefficient (Wildman–Crippen LogP) is 1.60. The van der Waals surface area contributed by atoms with Crippen LogP contribution in [0.2, 0.25) is 0 Å². The summed E-state index contributed by atoms with van der Waals surface area (Å²) in [5.74, 6) is -0.648. The van der Waals surface area contributed by atoms with Gasteiger partial charge in [0.2, 0.25) is 5.91 Å². The number of imide groups is 1. The molecular weight excluding hydrogens is 320 g/mol. The molecule has 0 radical (unpaired) electrons. The highest BCUT2D eigenvalue weighted by Crippen LogP contribution is 2.34. The smallest absolute Gasteiger partial charge is 0.325 e. The molecule has 0 atom stereocenters. The van der Waals surface area contributed by atoms with E-state index in [1.165, 1.54) is 0 Å². The number of carbonyl (C=O) groups excluding carboxylic acids is 3. The molecule has 0 unspecified atom stereocenters. The van der Waals surface area contributed by atoms with Gasteiger partial charge >= 0.3 is 6.03 Å². The van der Waals surface area contributed by atoms with Crippen molar-refractivity contribution < 1.29 is 14.4 Å². The molecule has 1 heterocycles. The third kappa shape index (κ3) is 3.66. The van der Waals surface area contributed by atoms with Crippen molar-refractivity contribution in [2.45, 2.75) is 44.7 Å². The fourth-order valence-corrected chi connectivity index (χ4v) is 3.51. The number of hydrogen-bond acceptors (Lipinski definition) is 4. The van der Waals surface area contributed by atoms with Gasteiger partial charge in [-0.05, 0) is 37.1 Å². The molecule has 2 fully saturated rings. The minimum atomic E-state index is -0.775. The summed E-state index contributed by atoms with van der Waals surface area (Å²) < 4.78 is 0. The topological polar surface area (TPSA) is 90.5 Å². The maximum Gasteiger partial charge on any atom is 0.325 e. The van der Waals surface area contributed by atoms with Crippen LogP contribution >= 0.6 is 0 Å². The first-order valence-electron chi connectivity index (χ1n) is 8.78. The molecule has 4 amide bonds. The molecule has 1 aromatic carbocycles. The molecule has 25 heavy (non-hydrogen) atoms. The van der Waals surface area contributed by atoms with Crippen LogP contribution in [0.15, 0.2) is 24.3 Å². The van der Waals surface area contributed by atoms with Crippen LogP contribution in [0.1, 0.15) is 38.2 Å². The van der Waals surface area contributed by atoms with Gasteiger partial charge < -0.3 is 16.0 Å². The van der Waals surface area contributed by atoms with Crippen LogP contribution in [0.3, 0.4) is 0 Å². The predicted molar refractivity (Wildman–Crippen MR) is 93.9 cm³/mol. The van der Waals surface area contributed by atoms with E-state index in [0.717, 1.165) is 36.4 Å². The van der Waals surface area contributed by atoms with Gasteiger partial charge in [0.05, 0.1) is 0 Å². The SMILES string of the molecule is CCNCc1cccc(NC(=O)CN2C(=O)NC3(CCCC3)C2=O)c1. The Morgan fingerprint density at radius 2 is 2.04 bits per heavy atom. The van der Waals surface area contributed by atoms with Crippen molar-refractivity contribution in [1.29, 1.82) is 0 Å². The van der Waals surface area contributed by atoms with E-state index in [4.69, 9.17) is 0 Å². The number of urea groups is 1. The van der Waals surface area contributed by atoms with Crippen LogP contribution < -0.4 is 16.0 Å². The van der Waals surface area contributed by atoms with E-state index in [-0.39, 0.29) is 18.4 Å². The summed E-state index contributed by atoms with van der Waals surface area (Å²) in [6.45, 7) is 3.35. The number of hydrogen-bond donors (Lipinski definition) is 3. The van der Waals surface area contributed by atoms with Crippen molar-refractivity contribution in [3.05, 3.63) is 29.8 Å². The van der Waals surface area contributed by atoms with E-state index in [2.05, 4.69) is 16.0 Å². The third-order valence-corrected chi connectivity index (χ3v) is 4.79. The van der Waals surface area contributed by atoms with E-state index in [1.807, 2.05) is 25.1 Å². The van der Waals surface area contributed by atoms with Crippen LogP contribution in [0.5, 0.6) is 0 Å². The normalized spacial score (nSPS) is 18.7. The van der Waals surface area contributed by atoms with Crippen molar-refractivity contribution >= 4 is 23.5 Å². The molecule has 1 saturated heterocycles. The second-order valence-electron chi connectivity index (χ2n) is 6.64. The van der Waals surface area contributed by atoms with Crippen molar-refractivity contribution in [1.82, 2.24) is 15.5 Å². The molecule has 1 saturated carbocycles. The Labute approximate surface area is 147 Å². The van der Waals surface area contributed by atoms with Gasteiger partial charge in [0, 0.05) is 12.2 Å². The lowest BCUT2D eigenvalue weighted by Crippen LogP contribution is -2.44. The Kier molecular flexibility index (Phi) is 5.03. The van der Waals surface area contributed by atoms with Crippen LogP contribution in [0, 0.1) is 0 Å². The number of anilines is 1. The van der Waals surface area contributed by atoms with Gasteiger partial charge in [0.15, 0.2) is 0 Å². The third-order valence-electron chi connectivity index (χ3n) is 4.79. The summed E-state index contributed by atoms with van der Waals surface area (Å²) in [6, 6.07) is 7.04. The zero-order chi connectivity index (χ0) is 17.9. The highest BCUT2D eigenvalue weighted by atomic mass is 16.2. The van der Waals surface area contributed by atoms with E-state index in [9.17, 15) is 14.4 Å². The molecule has 1 spiro atoms. The molecule has 134 valence electrons. The Morgan fingerprint density at radius 3 is 2.76 bits per heavy atom. The van der Waals surface area contributed by atoms with Gasteiger partial charge in [-0.1, -0.05) is 31.9 Å². The largest absolute Gasteiger partial charge is 0.325 e. The zero-order valence-corrected chi connectivity index (χ0v) is 14.4. The standard InChI is InChI=1S/C18H24N4O3/c1-2-19-11-13-6-5-7-14(10-13)20-15(23)12-22-16(24)18(21-17(22)25)8-3-4-9-18/h5-7,10,19H,2-4,8-9,11-12H2,1H3,(H,20,23)(H,21,25). The molecule has 7 heteroatoms. The maximum atomic E-state index is 12.6. The first kappa shape index (κ1) is 17.4. The van der Waals surface area contributed by atoms with Gasteiger partial charge in [-0.25, -0.2) is 4.79 Å². The van der Waals surface area contributed by atoms with E-state index >= 15 is 0 Å². The lowest BCUT2D eigenvalue weighted by Gasteiger charge is -2.19. The van der Waals surface area contributed by atoms with Crippen LogP contribution in [0.4, 0.5) is 10.5 Å². The number of nitrogens with zero attached hydrogens (tertiary/aromatic N) is 1. The minimum Gasteiger partial charge on any atom is -0.325 e. The molecule has 3 rings (SSSR count). The number of benzene rings is 1. The molecular formula is C18H24N4O3. The fourth-order valence-electron chi connectivity index (χ4n) is 3.51. The van der Waals surface area contributed by atoms with Gasteiger partial charge in [-0.15, -0.1) is 0 Å². The summed E-state index contributed by atoms with van der Waals surface area (Å²) in [4.78, 5) is 38.0. The average Bonchev–Trinajstić information content (AvgIpc) is 3.14. The summed E-state index contributed by atoms with van der Waals surface area (Å²) in [5, 5.41) is 8.77. The molecule has 1 aromatic rings. The lowest BCUT2D eigenvalue weighted by molar-refractivity contribution is -0.133. The second-order valence-corrected chi connectivity index (χ2v) is 6.64. The number of rotatable bonds is 6. The number of amides is 4. The molecule has 1 aliphatic heterocycles. The van der Waals surface area contributed by atoms with Crippen molar-refractivity contribution in [3.63, 3.8) is 0 Å². The maximum absolute atomic E-state index is 12.6. The van der Waals surface area contributed by atoms with E-state index < -0.39 is 11.6 Å². The molecule has 0 bridgehead atoms. The first-order valence-corrected chi connectivity index (χ1v) is 8.78. The lowest BCUT2D eigenvalue weighted by atomic mass is 9.98. The van der Waals surface area contributed by atoms with E-state index in [0.29, 0.717) is 18.5 Å². The quantitative estimate of drug-likeness (QED) is 0.684. The summed E-state index contributed by atoms with van der Waals surface area (Å²) in [6.07, 6.45) is 3.15. The second kappa shape index (κ2) is 7.23. The fraction of sp³-hybridized carbons (Fsp3) is 0.500. The Morgan fingerprint density at radius 1 is 1.28 bits per heavy atom. The number of nitrogens with one attached hydrogen (secondary N) is 3. The molecule has 0 aromatic heterocycles. The van der Waals surface area contributed by atoms with Crippen molar-refractivity contribution in [3.8, 4) is 0 Å². The highest BCUT2D eigenvalue weighted by molar-refractivity contribution is 6.10. The Hall–Kier alpha value is -2.41. The first-order chi connectivity index (χ1) is 12.0. The molecule has 1 aliphatic carbocycles. The van der Waals surface area contributed by atoms with Crippen molar-refractivity contribution in [2.24, 2.45) is 0 Å². The monoisotopic (exact) mass is 344 g/mol. The number of carbonyl (C=O) groups is 3. The van der Waals surface area contributed by atoms with Crippen LogP contribution in [-0.2, 0) is 16.1 Å². The summed E-state index contributed by atoms with van der Waals surface area (Å²) in [5.41, 5.74) is 0.936. The minimum absolute atomic E-state index is 0.260. The van der Waals surface area contributed by atoms with Crippen LogP contribution in [0.25, 0.3) is 0 Å². The average molecular weight is 344 g/mol. The van der Waals surface area contributed by atoms with Gasteiger partial charge in [0.1, 0.15) is 12.1 Å². The van der Waals surface area contributed by atoms with Crippen molar-refractivity contribution in [2.75, 3.05) is 18.4 Å². The molecule has 3 N–H and O–H groups in total. The molecule has 2 aliphatic rings. The summed E-state index contributed by atoms with van der Waals surface area (Å²) in [7, 11) is 0. The summed E-state index contributed by atoms with van der Waals surface area (Å²) >= 11 is 0. The van der Waals surface area contributed by atoms with Gasteiger partial charge in [-0.2, -0.15) is 0 Å². The van der Waals surface area contributed by atoms with E-state index in [1.54, 1.807) is 6.07 Å². The molecule has 7 nitrogen and oxygen atoms in total. The highest BCUT2D eigenvalue weighted by Gasteiger charge is 2.52. The van der Waals surface area contributed by atoms with Gasteiger partial charge in [0.25, 0.3) is 5.91 Å². The van der Waals surface area contributed by atoms with Gasteiger partial charge in [-0.3, -0.25) is 14.5 Å². The van der Waals surface area contributed by atoms with Crippen LogP contribution in [-0.4, -0.2) is 41.4 Å². The Balaban J connectivity index is 1.61. The Bertz CT molecular complexity index is 683. The zero-order valence-electron chi connectivity index (χ0n) is 14.4.